The average Bonchev–Trinajstić information content (AvgIpc) is 3.07. The van der Waals surface area contributed by atoms with Crippen molar-refractivity contribution in [3.8, 4) is 5.75 Å². The first kappa shape index (κ1) is 21.5. The Labute approximate surface area is 167 Å². The number of nitrogens with zero attached hydrogens (tertiary/aromatic N) is 2. The van der Waals surface area contributed by atoms with Gasteiger partial charge < -0.3 is 19.9 Å². The van der Waals surface area contributed by atoms with Gasteiger partial charge in [0, 0.05) is 14.0 Å². The van der Waals surface area contributed by atoms with Crippen LogP contribution in [0.5, 0.6) is 5.75 Å². The number of aryl methyl sites for hydroxylation is 1. The van der Waals surface area contributed by atoms with Crippen LogP contribution in [0.1, 0.15) is 56.9 Å². The molecule has 0 radical (unpaired) electrons. The number of para-hydroxylation sites is 2. The van der Waals surface area contributed by atoms with Gasteiger partial charge in [0.05, 0.1) is 24.4 Å². The van der Waals surface area contributed by atoms with E-state index >= 15 is 0 Å². The van der Waals surface area contributed by atoms with Gasteiger partial charge in [-0.3, -0.25) is 9.59 Å². The number of nitrogens with two attached hydrogens (primary N) is 1. The Morgan fingerprint density at radius 3 is 2.71 bits per heavy atom. The molecule has 2 aliphatic rings. The quantitative estimate of drug-likeness (QED) is 0.803. The summed E-state index contributed by atoms with van der Waals surface area (Å²) in [5, 5.41) is 3.84. The van der Waals surface area contributed by atoms with E-state index in [2.05, 4.69) is 12.1 Å². The van der Waals surface area contributed by atoms with Gasteiger partial charge in [-0.2, -0.15) is 0 Å². The van der Waals surface area contributed by atoms with Gasteiger partial charge in [-0.15, -0.1) is 0 Å². The number of carbonyl (C=O) groups is 2. The summed E-state index contributed by atoms with van der Waals surface area (Å²) in [4.78, 5) is 24.0. The Kier molecular flexibility index (Phi) is 7.61. The van der Waals surface area contributed by atoms with E-state index in [-0.39, 0.29) is 13.1 Å². The minimum atomic E-state index is -0.511. The van der Waals surface area contributed by atoms with Crippen molar-refractivity contribution in [2.75, 3.05) is 18.6 Å². The molecule has 0 spiro atoms. The standard InChI is InChI=1S/C10H11NO2.C9H12N2O2.C2H6.H2/c1-11-8-4-2-3-5-9(8)13-7-6-10(11)12;1-5-2-3-7-6(4-5)8(9(10)12)13-11-7;1-2;/h2-5H,6-7H2,1H3;5H,2-4H2,1H3,(H2,10,12);1-2H3;1H/t;5-;;/m.0../s1. The second-order valence-corrected chi connectivity index (χ2v) is 6.67. The van der Waals surface area contributed by atoms with Crippen molar-refractivity contribution in [3.05, 3.63) is 41.3 Å². The second-order valence-electron chi connectivity index (χ2n) is 6.67. The SMILES string of the molecule is CC.CN1C(=O)CCOc2ccccc21.C[C@H]1CCc2noc(C(N)=O)c2C1.[HH]. The summed E-state index contributed by atoms with van der Waals surface area (Å²) >= 11 is 0. The van der Waals surface area contributed by atoms with E-state index < -0.39 is 5.91 Å². The van der Waals surface area contributed by atoms with Crippen molar-refractivity contribution in [1.82, 2.24) is 5.16 Å². The van der Waals surface area contributed by atoms with Gasteiger partial charge >= 0.3 is 0 Å². The number of aromatic nitrogens is 1. The predicted molar refractivity (Wildman–Crippen MR) is 110 cm³/mol. The molecule has 28 heavy (non-hydrogen) atoms. The lowest BCUT2D eigenvalue weighted by Crippen LogP contribution is -2.24. The number of primary amides is 1. The lowest BCUT2D eigenvalue weighted by atomic mass is 9.88. The minimum absolute atomic E-state index is 0. The fraction of sp³-hybridized carbons (Fsp3) is 0.476. The van der Waals surface area contributed by atoms with E-state index in [9.17, 15) is 9.59 Å². The summed E-state index contributed by atoms with van der Waals surface area (Å²) in [6.45, 7) is 6.63. The molecule has 2 aromatic rings. The van der Waals surface area contributed by atoms with Gasteiger partial charge in [0.25, 0.3) is 5.91 Å². The van der Waals surface area contributed by atoms with E-state index in [1.807, 2.05) is 38.1 Å². The van der Waals surface area contributed by atoms with E-state index in [4.69, 9.17) is 15.0 Å². The molecule has 7 nitrogen and oxygen atoms in total. The average molecular weight is 389 g/mol. The van der Waals surface area contributed by atoms with Crippen LogP contribution in [-0.2, 0) is 17.6 Å². The Balaban J connectivity index is 0.000000259. The fourth-order valence-corrected chi connectivity index (χ4v) is 3.18. The first-order valence-corrected chi connectivity index (χ1v) is 9.73. The Morgan fingerprint density at radius 2 is 2.00 bits per heavy atom. The number of carbonyl (C=O) groups excluding carboxylic acids is 2. The van der Waals surface area contributed by atoms with Gasteiger partial charge in [0.15, 0.2) is 0 Å². The second kappa shape index (κ2) is 9.92. The van der Waals surface area contributed by atoms with E-state index in [1.165, 1.54) is 0 Å². The molecule has 1 aromatic heterocycles. The summed E-state index contributed by atoms with van der Waals surface area (Å²) in [6, 6.07) is 7.57. The van der Waals surface area contributed by atoms with Crippen molar-refractivity contribution in [3.63, 3.8) is 0 Å². The van der Waals surface area contributed by atoms with Crippen molar-refractivity contribution < 1.29 is 20.3 Å². The minimum Gasteiger partial charge on any atom is -0.491 e. The lowest BCUT2D eigenvalue weighted by Gasteiger charge is -2.15. The predicted octanol–water partition coefficient (Wildman–Crippen LogP) is 3.60. The number of fused-ring (bicyclic) bond motifs is 2. The lowest BCUT2D eigenvalue weighted by molar-refractivity contribution is -0.118. The number of benzene rings is 1. The smallest absolute Gasteiger partial charge is 0.287 e. The zero-order chi connectivity index (χ0) is 20.7. The number of ether oxygens (including phenoxy) is 1. The maximum atomic E-state index is 11.4. The molecule has 4 rings (SSSR count). The highest BCUT2D eigenvalue weighted by Gasteiger charge is 2.25. The highest BCUT2D eigenvalue weighted by atomic mass is 16.5. The molecule has 0 bridgehead atoms. The zero-order valence-electron chi connectivity index (χ0n) is 17.0. The van der Waals surface area contributed by atoms with Crippen LogP contribution in [0.3, 0.4) is 0 Å². The third-order valence-electron chi connectivity index (χ3n) is 4.69. The molecule has 2 heterocycles. The summed E-state index contributed by atoms with van der Waals surface area (Å²) in [5.41, 5.74) is 7.84. The molecule has 0 fully saturated rings. The van der Waals surface area contributed by atoms with Crippen molar-refractivity contribution in [1.29, 1.82) is 0 Å². The van der Waals surface area contributed by atoms with Crippen molar-refractivity contribution >= 4 is 17.5 Å². The molecular formula is C21H31N3O4. The van der Waals surface area contributed by atoms with Crippen LogP contribution in [0, 0.1) is 5.92 Å². The molecule has 1 aliphatic carbocycles. The normalized spacial score (nSPS) is 17.5. The maximum Gasteiger partial charge on any atom is 0.287 e. The van der Waals surface area contributed by atoms with Crippen LogP contribution in [0.4, 0.5) is 5.69 Å². The number of amides is 2. The van der Waals surface area contributed by atoms with Gasteiger partial charge in [-0.05, 0) is 37.3 Å². The molecule has 0 saturated carbocycles. The largest absolute Gasteiger partial charge is 0.491 e. The molecule has 2 N–H and O–H groups in total. The van der Waals surface area contributed by atoms with E-state index in [1.54, 1.807) is 11.9 Å². The van der Waals surface area contributed by atoms with Crippen molar-refractivity contribution in [2.24, 2.45) is 11.7 Å². The maximum absolute atomic E-state index is 11.4. The third kappa shape index (κ3) is 4.91. The number of rotatable bonds is 1. The summed E-state index contributed by atoms with van der Waals surface area (Å²) < 4.78 is 10.3. The molecule has 2 amide bonds. The van der Waals surface area contributed by atoms with Crippen LogP contribution in [0.2, 0.25) is 0 Å². The Hall–Kier alpha value is -2.83. The third-order valence-corrected chi connectivity index (χ3v) is 4.69. The van der Waals surface area contributed by atoms with Gasteiger partial charge in [0.2, 0.25) is 11.7 Å². The Bertz CT molecular complexity index is 822. The molecule has 154 valence electrons. The molecule has 1 atom stereocenters. The van der Waals surface area contributed by atoms with Gasteiger partial charge in [0.1, 0.15) is 5.75 Å². The first-order valence-electron chi connectivity index (χ1n) is 9.73. The van der Waals surface area contributed by atoms with Crippen LogP contribution in [0.15, 0.2) is 28.8 Å². The number of hydrogen-bond donors (Lipinski definition) is 1. The molecule has 1 aliphatic heterocycles. The summed E-state index contributed by atoms with van der Waals surface area (Å²) in [5.74, 6) is 1.22. The van der Waals surface area contributed by atoms with Crippen molar-refractivity contribution in [2.45, 2.75) is 46.5 Å². The topological polar surface area (TPSA) is 98.7 Å². The molecule has 7 heteroatoms. The molecule has 0 saturated heterocycles. The van der Waals surface area contributed by atoms with E-state index in [0.29, 0.717) is 18.9 Å². The first-order chi connectivity index (χ1) is 13.5. The molecule has 0 unspecified atom stereocenters. The molecule has 1 aromatic carbocycles. The highest BCUT2D eigenvalue weighted by Crippen LogP contribution is 2.29. The van der Waals surface area contributed by atoms with E-state index in [0.717, 1.165) is 42.0 Å². The van der Waals surface area contributed by atoms with Crippen LogP contribution in [-0.4, -0.2) is 30.6 Å². The number of anilines is 1. The van der Waals surface area contributed by atoms with Crippen LogP contribution < -0.4 is 15.4 Å². The molecular weight excluding hydrogens is 358 g/mol. The van der Waals surface area contributed by atoms with Crippen LogP contribution >= 0.6 is 0 Å². The fourth-order valence-electron chi connectivity index (χ4n) is 3.18. The highest BCUT2D eigenvalue weighted by molar-refractivity contribution is 5.95. The number of hydrogen-bond acceptors (Lipinski definition) is 5. The van der Waals surface area contributed by atoms with Crippen LogP contribution in [0.25, 0.3) is 0 Å². The van der Waals surface area contributed by atoms with Gasteiger partial charge in [-0.1, -0.05) is 38.1 Å². The zero-order valence-corrected chi connectivity index (χ0v) is 17.0. The van der Waals surface area contributed by atoms with Gasteiger partial charge in [-0.25, -0.2) is 0 Å². The monoisotopic (exact) mass is 389 g/mol. The summed E-state index contributed by atoms with van der Waals surface area (Å²) in [6.07, 6.45) is 3.31. The summed E-state index contributed by atoms with van der Waals surface area (Å²) in [7, 11) is 1.77. The Morgan fingerprint density at radius 1 is 1.29 bits per heavy atom.